The fourth-order valence-corrected chi connectivity index (χ4v) is 1.19. The van der Waals surface area contributed by atoms with Crippen molar-refractivity contribution >= 4 is 21.9 Å². The van der Waals surface area contributed by atoms with Crippen LogP contribution in [0.5, 0.6) is 0 Å². The highest BCUT2D eigenvalue weighted by Crippen LogP contribution is 2.16. The molecule has 0 heterocycles. The second-order valence-electron chi connectivity index (χ2n) is 2.36. The first-order valence-corrected chi connectivity index (χ1v) is 4.43. The van der Waals surface area contributed by atoms with Crippen LogP contribution in [0.1, 0.15) is 10.4 Å². The van der Waals surface area contributed by atoms with Crippen LogP contribution in [0, 0.1) is 17.1 Å². The Balaban J connectivity index is 2.90. The summed E-state index contributed by atoms with van der Waals surface area (Å²) in [7, 11) is 0. The van der Waals surface area contributed by atoms with E-state index < -0.39 is 11.8 Å². The molecule has 3 nitrogen and oxygen atoms in total. The van der Waals surface area contributed by atoms with Gasteiger partial charge in [-0.15, -0.1) is 0 Å². The van der Waals surface area contributed by atoms with E-state index in [-0.39, 0.29) is 12.2 Å². The monoisotopic (exact) mass is 257 g/mol. The Labute approximate surface area is 88.2 Å². The van der Waals surface area contributed by atoms with Gasteiger partial charge in [0.25, 0.3) is 0 Å². The largest absolute Gasteiger partial charge is 0.447 e. The van der Waals surface area contributed by atoms with Crippen LogP contribution in [0.4, 0.5) is 4.39 Å². The van der Waals surface area contributed by atoms with Crippen molar-refractivity contribution in [1.29, 1.82) is 5.26 Å². The lowest BCUT2D eigenvalue weighted by molar-refractivity contribution is 0.0549. The van der Waals surface area contributed by atoms with Crippen molar-refractivity contribution in [2.45, 2.75) is 0 Å². The van der Waals surface area contributed by atoms with E-state index in [0.29, 0.717) is 4.47 Å². The van der Waals surface area contributed by atoms with Crippen molar-refractivity contribution in [3.05, 3.63) is 34.1 Å². The van der Waals surface area contributed by atoms with Gasteiger partial charge in [-0.05, 0) is 18.2 Å². The van der Waals surface area contributed by atoms with Gasteiger partial charge in [-0.2, -0.15) is 5.26 Å². The topological polar surface area (TPSA) is 50.1 Å². The summed E-state index contributed by atoms with van der Waals surface area (Å²) in [5.41, 5.74) is -0.186. The molecule has 0 bridgehead atoms. The number of rotatable bonds is 2. The van der Waals surface area contributed by atoms with Gasteiger partial charge in [-0.25, -0.2) is 9.18 Å². The molecule has 0 aromatic heterocycles. The maximum Gasteiger partial charge on any atom is 0.342 e. The van der Waals surface area contributed by atoms with Crippen LogP contribution in [0.15, 0.2) is 22.7 Å². The molecule has 72 valence electrons. The maximum atomic E-state index is 13.0. The fourth-order valence-electron chi connectivity index (χ4n) is 0.829. The molecule has 0 spiro atoms. The molecular weight excluding hydrogens is 253 g/mol. The zero-order chi connectivity index (χ0) is 10.6. The molecule has 1 aromatic carbocycles. The van der Waals surface area contributed by atoms with Gasteiger partial charge in [0, 0.05) is 4.47 Å². The summed E-state index contributed by atoms with van der Waals surface area (Å²) in [6, 6.07) is 5.54. The molecule has 0 amide bonds. The number of esters is 1. The van der Waals surface area contributed by atoms with Crippen LogP contribution in [0.3, 0.4) is 0 Å². The number of ether oxygens (including phenoxy) is 1. The van der Waals surface area contributed by atoms with E-state index in [1.54, 1.807) is 6.07 Å². The number of carbonyl (C=O) groups excluding carboxylic acids is 1. The zero-order valence-electron chi connectivity index (χ0n) is 6.96. The zero-order valence-corrected chi connectivity index (χ0v) is 8.54. The average molecular weight is 258 g/mol. The van der Waals surface area contributed by atoms with E-state index in [2.05, 4.69) is 20.7 Å². The van der Waals surface area contributed by atoms with Crippen LogP contribution in [-0.4, -0.2) is 12.6 Å². The van der Waals surface area contributed by atoms with Crippen LogP contribution in [0.2, 0.25) is 0 Å². The summed E-state index contributed by atoms with van der Waals surface area (Å²) in [5, 5.41) is 8.16. The van der Waals surface area contributed by atoms with Gasteiger partial charge in [-0.1, -0.05) is 15.9 Å². The van der Waals surface area contributed by atoms with Crippen LogP contribution in [-0.2, 0) is 4.74 Å². The predicted octanol–water partition coefficient (Wildman–Crippen LogP) is 2.27. The number of carbonyl (C=O) groups is 1. The molecule has 0 aliphatic rings. The number of hydrogen-bond acceptors (Lipinski definition) is 3. The second-order valence-corrected chi connectivity index (χ2v) is 3.27. The molecule has 0 atom stereocenters. The summed E-state index contributed by atoms with van der Waals surface area (Å²) < 4.78 is 18.1. The highest BCUT2D eigenvalue weighted by Gasteiger charge is 2.12. The van der Waals surface area contributed by atoms with Crippen molar-refractivity contribution in [1.82, 2.24) is 0 Å². The minimum absolute atomic E-state index is 0.186. The number of nitriles is 1. The van der Waals surface area contributed by atoms with E-state index in [0.717, 1.165) is 6.07 Å². The highest BCUT2D eigenvalue weighted by molar-refractivity contribution is 9.10. The van der Waals surface area contributed by atoms with Gasteiger partial charge in [0.1, 0.15) is 11.9 Å². The van der Waals surface area contributed by atoms with Crippen molar-refractivity contribution < 1.29 is 13.9 Å². The quantitative estimate of drug-likeness (QED) is 0.764. The van der Waals surface area contributed by atoms with Gasteiger partial charge >= 0.3 is 5.97 Å². The van der Waals surface area contributed by atoms with Gasteiger partial charge in [0.15, 0.2) is 6.61 Å². The molecule has 0 N–H and O–H groups in total. The van der Waals surface area contributed by atoms with Crippen molar-refractivity contribution in [3.8, 4) is 6.07 Å². The average Bonchev–Trinajstić information content (AvgIpc) is 2.18. The van der Waals surface area contributed by atoms with E-state index in [1.165, 1.54) is 12.1 Å². The Morgan fingerprint density at radius 2 is 2.36 bits per heavy atom. The summed E-state index contributed by atoms with van der Waals surface area (Å²) in [4.78, 5) is 11.1. The van der Waals surface area contributed by atoms with Gasteiger partial charge in [-0.3, -0.25) is 0 Å². The molecule has 1 rings (SSSR count). The number of nitrogens with zero attached hydrogens (tertiary/aromatic N) is 1. The Hall–Kier alpha value is -1.41. The highest BCUT2D eigenvalue weighted by atomic mass is 79.9. The minimum Gasteiger partial charge on any atom is -0.447 e. The Kier molecular flexibility index (Phi) is 3.60. The van der Waals surface area contributed by atoms with Gasteiger partial charge in [0.05, 0.1) is 5.56 Å². The molecule has 0 saturated carbocycles. The van der Waals surface area contributed by atoms with Gasteiger partial charge < -0.3 is 4.74 Å². The lowest BCUT2D eigenvalue weighted by Gasteiger charge is -2.01. The standard InChI is InChI=1S/C9H5BrFNO2/c10-6-1-2-8(11)7(5-6)9(13)14-4-3-12/h1-2,5H,4H2. The SMILES string of the molecule is N#CCOC(=O)c1cc(Br)ccc1F. The van der Waals surface area contributed by atoms with Crippen LogP contribution in [0.25, 0.3) is 0 Å². The van der Waals surface area contributed by atoms with E-state index >= 15 is 0 Å². The first-order valence-electron chi connectivity index (χ1n) is 3.64. The normalized spacial score (nSPS) is 9.21. The molecule has 0 aliphatic carbocycles. The summed E-state index contributed by atoms with van der Waals surface area (Å²) in [5.74, 6) is -1.51. The summed E-state index contributed by atoms with van der Waals surface area (Å²) in [6.45, 7) is -0.384. The summed E-state index contributed by atoms with van der Waals surface area (Å²) in [6.07, 6.45) is 0. The maximum absolute atomic E-state index is 13.0. The minimum atomic E-state index is -0.842. The molecule has 0 unspecified atom stereocenters. The second kappa shape index (κ2) is 4.72. The number of hydrogen-bond donors (Lipinski definition) is 0. The third-order valence-electron chi connectivity index (χ3n) is 1.42. The fraction of sp³-hybridized carbons (Fsp3) is 0.111. The Morgan fingerprint density at radius 3 is 3.00 bits per heavy atom. The molecule has 0 aliphatic heterocycles. The molecule has 14 heavy (non-hydrogen) atoms. The number of halogens is 2. The molecule has 1 aromatic rings. The van der Waals surface area contributed by atoms with Crippen LogP contribution >= 0.6 is 15.9 Å². The third kappa shape index (κ3) is 2.54. The molecule has 5 heteroatoms. The van der Waals surface area contributed by atoms with Crippen molar-refractivity contribution in [3.63, 3.8) is 0 Å². The smallest absolute Gasteiger partial charge is 0.342 e. The number of benzene rings is 1. The van der Waals surface area contributed by atoms with Gasteiger partial charge in [0.2, 0.25) is 0 Å². The van der Waals surface area contributed by atoms with Crippen LogP contribution < -0.4 is 0 Å². The first-order chi connectivity index (χ1) is 6.65. The Morgan fingerprint density at radius 1 is 1.64 bits per heavy atom. The van der Waals surface area contributed by atoms with Crippen molar-refractivity contribution in [2.24, 2.45) is 0 Å². The molecular formula is C9H5BrFNO2. The Bertz CT molecular complexity index is 400. The lowest BCUT2D eigenvalue weighted by atomic mass is 10.2. The van der Waals surface area contributed by atoms with E-state index in [4.69, 9.17) is 5.26 Å². The van der Waals surface area contributed by atoms with E-state index in [9.17, 15) is 9.18 Å². The molecule has 0 saturated heterocycles. The molecule has 0 radical (unpaired) electrons. The van der Waals surface area contributed by atoms with Crippen molar-refractivity contribution in [2.75, 3.05) is 6.61 Å². The predicted molar refractivity (Wildman–Crippen MR) is 50.0 cm³/mol. The third-order valence-corrected chi connectivity index (χ3v) is 1.91. The van der Waals surface area contributed by atoms with E-state index in [1.807, 2.05) is 0 Å². The molecule has 0 fully saturated rings. The lowest BCUT2D eigenvalue weighted by Crippen LogP contribution is -2.07. The summed E-state index contributed by atoms with van der Waals surface area (Å²) >= 11 is 3.09. The first kappa shape index (κ1) is 10.7.